The summed E-state index contributed by atoms with van der Waals surface area (Å²) in [5.74, 6) is 1.17. The number of aromatic nitrogens is 4. The molecule has 0 saturated carbocycles. The predicted molar refractivity (Wildman–Crippen MR) is 92.0 cm³/mol. The number of hydrogen-bond acceptors (Lipinski definition) is 6. The van der Waals surface area contributed by atoms with Gasteiger partial charge >= 0.3 is 0 Å². The number of halogens is 1. The zero-order valence-electron chi connectivity index (χ0n) is 12.7. The molecule has 0 unspecified atom stereocenters. The van der Waals surface area contributed by atoms with Crippen LogP contribution in [0.25, 0.3) is 11.4 Å². The van der Waals surface area contributed by atoms with Crippen LogP contribution in [0.1, 0.15) is 17.1 Å². The minimum absolute atomic E-state index is 0.534. The Hall–Kier alpha value is -2.09. The first kappa shape index (κ1) is 15.4. The average molecular weight is 360 g/mol. The highest BCUT2D eigenvalue weighted by Gasteiger charge is 2.19. The summed E-state index contributed by atoms with van der Waals surface area (Å²) in [6, 6.07) is 7.38. The normalized spacial score (nSPS) is 14.5. The molecule has 1 N–H and O–H groups in total. The molecule has 1 aromatic carbocycles. The van der Waals surface area contributed by atoms with Gasteiger partial charge in [0.15, 0.2) is 4.77 Å². The zero-order chi connectivity index (χ0) is 16.5. The van der Waals surface area contributed by atoms with Crippen LogP contribution in [0, 0.1) is 4.77 Å². The first-order chi connectivity index (χ1) is 11.7. The van der Waals surface area contributed by atoms with E-state index < -0.39 is 0 Å². The van der Waals surface area contributed by atoms with Crippen LogP contribution in [0.2, 0.25) is 5.02 Å². The van der Waals surface area contributed by atoms with E-state index in [1.54, 1.807) is 0 Å². The van der Waals surface area contributed by atoms with Gasteiger partial charge in [0.1, 0.15) is 0 Å². The van der Waals surface area contributed by atoms with Gasteiger partial charge in [0.05, 0.1) is 6.54 Å². The third kappa shape index (κ3) is 3.24. The zero-order valence-corrected chi connectivity index (χ0v) is 14.3. The second-order valence-corrected chi connectivity index (χ2v) is 6.49. The van der Waals surface area contributed by atoms with E-state index in [0.717, 1.165) is 30.6 Å². The van der Waals surface area contributed by atoms with Crippen molar-refractivity contribution in [2.24, 2.45) is 0 Å². The van der Waals surface area contributed by atoms with Crippen LogP contribution in [0.4, 0.5) is 0 Å². The van der Waals surface area contributed by atoms with Crippen LogP contribution in [0.15, 0.2) is 35.0 Å². The molecule has 0 amide bonds. The summed E-state index contributed by atoms with van der Waals surface area (Å²) in [4.78, 5) is 14.0. The Labute approximate surface area is 148 Å². The van der Waals surface area contributed by atoms with Crippen LogP contribution < -0.4 is 0 Å². The summed E-state index contributed by atoms with van der Waals surface area (Å²) in [7, 11) is 0. The molecular weight excluding hydrogens is 346 g/mol. The summed E-state index contributed by atoms with van der Waals surface area (Å²) in [6.45, 7) is 2.30. The lowest BCUT2D eigenvalue weighted by Crippen LogP contribution is -2.31. The molecule has 122 valence electrons. The van der Waals surface area contributed by atoms with Gasteiger partial charge < -0.3 is 9.51 Å². The lowest BCUT2D eigenvalue weighted by molar-refractivity contribution is 0.208. The molecule has 1 aliphatic heterocycles. The molecule has 2 aromatic heterocycles. The molecule has 3 heterocycles. The van der Waals surface area contributed by atoms with E-state index in [9.17, 15) is 0 Å². The van der Waals surface area contributed by atoms with E-state index in [4.69, 9.17) is 28.3 Å². The standard InChI is InChI=1S/C16H14ClN5OS/c17-12-3-1-10(2-4-12)15-20-14(23-21-15)9-22-6-5-13-11(8-22)7-18-16(24)19-13/h1-4,7H,5-6,8-9H2,(H,18,19,24). The Morgan fingerprint density at radius 3 is 2.96 bits per heavy atom. The smallest absolute Gasteiger partial charge is 0.241 e. The molecule has 1 aliphatic rings. The summed E-state index contributed by atoms with van der Waals surface area (Å²) >= 11 is 11.0. The minimum atomic E-state index is 0.534. The molecule has 24 heavy (non-hydrogen) atoms. The second kappa shape index (κ2) is 6.43. The van der Waals surface area contributed by atoms with Crippen molar-refractivity contribution in [2.45, 2.75) is 19.5 Å². The van der Waals surface area contributed by atoms with Crippen molar-refractivity contribution in [3.63, 3.8) is 0 Å². The SMILES string of the molecule is S=c1ncc2c([nH]1)CCN(Cc1nc(-c3ccc(Cl)cc3)no1)C2. The van der Waals surface area contributed by atoms with Crippen molar-refractivity contribution < 1.29 is 4.52 Å². The lowest BCUT2D eigenvalue weighted by atomic mass is 10.1. The third-order valence-electron chi connectivity index (χ3n) is 3.98. The molecule has 3 aromatic rings. The van der Waals surface area contributed by atoms with Crippen LogP contribution >= 0.6 is 23.8 Å². The molecule has 8 heteroatoms. The molecule has 0 fully saturated rings. The maximum absolute atomic E-state index is 5.90. The summed E-state index contributed by atoms with van der Waals surface area (Å²) in [5, 5.41) is 4.73. The number of hydrogen-bond donors (Lipinski definition) is 1. The van der Waals surface area contributed by atoms with Crippen LogP contribution in [-0.2, 0) is 19.5 Å². The van der Waals surface area contributed by atoms with Crippen molar-refractivity contribution in [3.8, 4) is 11.4 Å². The topological polar surface area (TPSA) is 70.8 Å². The summed E-state index contributed by atoms with van der Waals surface area (Å²) < 4.78 is 5.92. The van der Waals surface area contributed by atoms with Crippen molar-refractivity contribution in [3.05, 3.63) is 57.4 Å². The fourth-order valence-electron chi connectivity index (χ4n) is 2.77. The monoisotopic (exact) mass is 359 g/mol. The van der Waals surface area contributed by atoms with E-state index >= 15 is 0 Å². The molecule has 0 saturated heterocycles. The summed E-state index contributed by atoms with van der Waals surface area (Å²) in [5.41, 5.74) is 3.21. The highest BCUT2D eigenvalue weighted by Crippen LogP contribution is 2.21. The van der Waals surface area contributed by atoms with Gasteiger partial charge in [-0.1, -0.05) is 16.8 Å². The third-order valence-corrected chi connectivity index (χ3v) is 4.44. The van der Waals surface area contributed by atoms with E-state index in [1.165, 1.54) is 5.69 Å². The van der Waals surface area contributed by atoms with Gasteiger partial charge in [0.2, 0.25) is 11.7 Å². The Kier molecular flexibility index (Phi) is 4.13. The van der Waals surface area contributed by atoms with Crippen LogP contribution in [0.5, 0.6) is 0 Å². The molecule has 0 bridgehead atoms. The molecule has 0 aliphatic carbocycles. The minimum Gasteiger partial charge on any atom is -0.338 e. The highest BCUT2D eigenvalue weighted by molar-refractivity contribution is 7.71. The maximum atomic E-state index is 5.90. The van der Waals surface area contributed by atoms with Crippen molar-refractivity contribution in [2.75, 3.05) is 6.54 Å². The maximum Gasteiger partial charge on any atom is 0.241 e. The van der Waals surface area contributed by atoms with E-state index in [1.807, 2.05) is 30.5 Å². The van der Waals surface area contributed by atoms with Gasteiger partial charge in [-0.2, -0.15) is 4.98 Å². The van der Waals surface area contributed by atoms with Gasteiger partial charge in [-0.05, 0) is 36.5 Å². The fourth-order valence-corrected chi connectivity index (χ4v) is 3.07. The van der Waals surface area contributed by atoms with Crippen LogP contribution in [0.3, 0.4) is 0 Å². The quantitative estimate of drug-likeness (QED) is 0.723. The van der Waals surface area contributed by atoms with E-state index in [0.29, 0.717) is 28.1 Å². The number of H-pyrrole nitrogens is 1. The van der Waals surface area contributed by atoms with E-state index in [-0.39, 0.29) is 0 Å². The lowest BCUT2D eigenvalue weighted by Gasteiger charge is -2.26. The molecule has 0 atom stereocenters. The Balaban J connectivity index is 1.48. The summed E-state index contributed by atoms with van der Waals surface area (Å²) in [6.07, 6.45) is 2.74. The number of rotatable bonds is 3. The van der Waals surface area contributed by atoms with Crippen molar-refractivity contribution >= 4 is 23.8 Å². The Morgan fingerprint density at radius 2 is 2.12 bits per heavy atom. The highest BCUT2D eigenvalue weighted by atomic mass is 35.5. The van der Waals surface area contributed by atoms with Crippen molar-refractivity contribution in [1.82, 2.24) is 25.0 Å². The molecular formula is C16H14ClN5OS. The van der Waals surface area contributed by atoms with Gasteiger partial charge in [-0.15, -0.1) is 0 Å². The first-order valence-corrected chi connectivity index (χ1v) is 8.34. The molecule has 6 nitrogen and oxygen atoms in total. The Morgan fingerprint density at radius 1 is 1.29 bits per heavy atom. The van der Waals surface area contributed by atoms with Gasteiger partial charge in [0, 0.05) is 47.6 Å². The first-order valence-electron chi connectivity index (χ1n) is 7.55. The Bertz CT molecular complexity index is 921. The van der Waals surface area contributed by atoms with Gasteiger partial charge in [-0.3, -0.25) is 4.90 Å². The van der Waals surface area contributed by atoms with Gasteiger partial charge in [0.25, 0.3) is 0 Å². The number of nitrogens with zero attached hydrogens (tertiary/aromatic N) is 4. The molecule has 4 rings (SSSR count). The largest absolute Gasteiger partial charge is 0.338 e. The van der Waals surface area contributed by atoms with Crippen LogP contribution in [-0.4, -0.2) is 31.6 Å². The van der Waals surface area contributed by atoms with E-state index in [2.05, 4.69) is 25.0 Å². The van der Waals surface area contributed by atoms with Crippen molar-refractivity contribution in [1.29, 1.82) is 0 Å². The predicted octanol–water partition coefficient (Wildman–Crippen LogP) is 3.40. The molecule has 0 spiro atoms. The average Bonchev–Trinajstić information content (AvgIpc) is 3.04. The number of benzene rings is 1. The second-order valence-electron chi connectivity index (χ2n) is 5.67. The number of aromatic amines is 1. The molecule has 0 radical (unpaired) electrons. The number of fused-ring (bicyclic) bond motifs is 1. The number of nitrogens with one attached hydrogen (secondary N) is 1. The fraction of sp³-hybridized carbons (Fsp3) is 0.250. The van der Waals surface area contributed by atoms with Gasteiger partial charge in [-0.25, -0.2) is 4.98 Å².